The summed E-state index contributed by atoms with van der Waals surface area (Å²) in [6, 6.07) is 2.64. The van der Waals surface area contributed by atoms with Crippen molar-refractivity contribution in [2.75, 3.05) is 6.54 Å². The zero-order valence-corrected chi connectivity index (χ0v) is 11.4. The SMILES string of the molecule is Cc1nc2cc(CNCC3(O)CC3)cc(C(F)(F)F)c2o1. The lowest BCUT2D eigenvalue weighted by Gasteiger charge is -2.12. The molecule has 0 spiro atoms. The molecule has 1 saturated carbocycles. The largest absolute Gasteiger partial charge is 0.440 e. The van der Waals surface area contributed by atoms with E-state index in [2.05, 4.69) is 10.3 Å². The summed E-state index contributed by atoms with van der Waals surface area (Å²) in [5.74, 6) is 0.202. The smallest absolute Gasteiger partial charge is 0.420 e. The number of fused-ring (bicyclic) bond motifs is 1. The molecule has 114 valence electrons. The van der Waals surface area contributed by atoms with Gasteiger partial charge in [0.05, 0.1) is 5.60 Å². The summed E-state index contributed by atoms with van der Waals surface area (Å²) >= 11 is 0. The maximum absolute atomic E-state index is 13.1. The Kier molecular flexibility index (Phi) is 3.22. The van der Waals surface area contributed by atoms with Crippen LogP contribution in [0.4, 0.5) is 13.2 Å². The summed E-state index contributed by atoms with van der Waals surface area (Å²) in [4.78, 5) is 3.97. The summed E-state index contributed by atoms with van der Waals surface area (Å²) in [7, 11) is 0. The van der Waals surface area contributed by atoms with E-state index in [1.165, 1.54) is 6.92 Å². The van der Waals surface area contributed by atoms with Crippen molar-refractivity contribution in [1.29, 1.82) is 0 Å². The van der Waals surface area contributed by atoms with Crippen LogP contribution in [0.25, 0.3) is 11.1 Å². The number of nitrogens with zero attached hydrogens (tertiary/aromatic N) is 1. The minimum Gasteiger partial charge on any atom is -0.440 e. The maximum atomic E-state index is 13.1. The van der Waals surface area contributed by atoms with Gasteiger partial charge in [0.1, 0.15) is 11.1 Å². The fraction of sp³-hybridized carbons (Fsp3) is 0.500. The first kappa shape index (κ1) is 14.3. The van der Waals surface area contributed by atoms with Crippen LogP contribution >= 0.6 is 0 Å². The third kappa shape index (κ3) is 3.03. The Morgan fingerprint density at radius 1 is 1.38 bits per heavy atom. The summed E-state index contributed by atoms with van der Waals surface area (Å²) in [6.07, 6.45) is -3.03. The zero-order chi connectivity index (χ0) is 15.3. The Labute approximate surface area is 119 Å². The van der Waals surface area contributed by atoms with Crippen molar-refractivity contribution in [3.8, 4) is 0 Å². The second-order valence-electron chi connectivity index (χ2n) is 5.55. The van der Waals surface area contributed by atoms with Gasteiger partial charge in [-0.05, 0) is 30.5 Å². The second kappa shape index (κ2) is 4.71. The third-order valence-corrected chi connectivity index (χ3v) is 3.57. The highest BCUT2D eigenvalue weighted by Gasteiger charge is 2.39. The van der Waals surface area contributed by atoms with E-state index in [0.717, 1.165) is 18.9 Å². The molecular formula is C14H15F3N2O2. The number of benzene rings is 1. The average molecular weight is 300 g/mol. The number of halogens is 3. The van der Waals surface area contributed by atoms with Crippen LogP contribution in [0.1, 0.15) is 29.9 Å². The molecule has 0 aliphatic heterocycles. The second-order valence-corrected chi connectivity index (χ2v) is 5.55. The average Bonchev–Trinajstić information content (AvgIpc) is 2.97. The molecule has 4 nitrogen and oxygen atoms in total. The molecule has 0 unspecified atom stereocenters. The van der Waals surface area contributed by atoms with E-state index in [1.807, 2.05) is 0 Å². The topological polar surface area (TPSA) is 58.3 Å². The Hall–Kier alpha value is -1.60. The van der Waals surface area contributed by atoms with Gasteiger partial charge in [0.2, 0.25) is 0 Å². The summed E-state index contributed by atoms with van der Waals surface area (Å²) in [5.41, 5.74) is -1.06. The first-order valence-electron chi connectivity index (χ1n) is 6.67. The van der Waals surface area contributed by atoms with Crippen molar-refractivity contribution in [3.63, 3.8) is 0 Å². The Bertz CT molecular complexity index is 675. The van der Waals surface area contributed by atoms with E-state index in [0.29, 0.717) is 12.1 Å². The summed E-state index contributed by atoms with van der Waals surface area (Å²) in [6.45, 7) is 2.14. The van der Waals surface area contributed by atoms with Gasteiger partial charge in [-0.15, -0.1) is 0 Å². The number of hydrogen-bond donors (Lipinski definition) is 2. The van der Waals surface area contributed by atoms with Crippen LogP contribution in [0, 0.1) is 6.92 Å². The number of aryl methyl sites for hydroxylation is 1. The van der Waals surface area contributed by atoms with Gasteiger partial charge in [0.25, 0.3) is 0 Å². The van der Waals surface area contributed by atoms with Crippen LogP contribution in [0.5, 0.6) is 0 Å². The van der Waals surface area contributed by atoms with Crippen molar-refractivity contribution >= 4 is 11.1 Å². The lowest BCUT2D eigenvalue weighted by molar-refractivity contribution is -0.136. The number of nitrogens with one attached hydrogen (secondary N) is 1. The van der Waals surface area contributed by atoms with Crippen molar-refractivity contribution in [2.24, 2.45) is 0 Å². The van der Waals surface area contributed by atoms with Crippen molar-refractivity contribution in [1.82, 2.24) is 10.3 Å². The van der Waals surface area contributed by atoms with Crippen molar-refractivity contribution < 1.29 is 22.7 Å². The molecule has 0 saturated heterocycles. The van der Waals surface area contributed by atoms with Crippen LogP contribution in [0.2, 0.25) is 0 Å². The molecular weight excluding hydrogens is 285 g/mol. The predicted molar refractivity (Wildman–Crippen MR) is 69.6 cm³/mol. The van der Waals surface area contributed by atoms with E-state index in [-0.39, 0.29) is 23.5 Å². The zero-order valence-electron chi connectivity index (χ0n) is 11.4. The minimum atomic E-state index is -4.49. The standard InChI is InChI=1S/C14H15F3N2O2/c1-8-19-11-5-9(6-18-7-13(20)2-3-13)4-10(12(11)21-8)14(15,16)17/h4-5,18,20H,2-3,6-7H2,1H3. The van der Waals surface area contributed by atoms with Gasteiger partial charge in [-0.25, -0.2) is 4.98 Å². The van der Waals surface area contributed by atoms with E-state index < -0.39 is 17.3 Å². The van der Waals surface area contributed by atoms with Gasteiger partial charge in [-0.3, -0.25) is 0 Å². The highest BCUT2D eigenvalue weighted by atomic mass is 19.4. The molecule has 1 heterocycles. The lowest BCUT2D eigenvalue weighted by Crippen LogP contribution is -2.27. The summed E-state index contributed by atoms with van der Waals surface area (Å²) < 4.78 is 44.3. The molecule has 2 aromatic rings. The first-order chi connectivity index (χ1) is 9.77. The monoisotopic (exact) mass is 300 g/mol. The predicted octanol–water partition coefficient (Wildman–Crippen LogP) is 2.77. The van der Waals surface area contributed by atoms with E-state index in [1.54, 1.807) is 6.07 Å². The van der Waals surface area contributed by atoms with E-state index in [4.69, 9.17) is 4.42 Å². The molecule has 0 bridgehead atoms. The van der Waals surface area contributed by atoms with Gasteiger partial charge in [-0.2, -0.15) is 13.2 Å². The highest BCUT2D eigenvalue weighted by molar-refractivity contribution is 5.78. The molecule has 1 aliphatic carbocycles. The molecule has 2 N–H and O–H groups in total. The van der Waals surface area contributed by atoms with E-state index in [9.17, 15) is 18.3 Å². The number of hydrogen-bond acceptors (Lipinski definition) is 4. The molecule has 7 heteroatoms. The Morgan fingerprint density at radius 3 is 2.71 bits per heavy atom. The van der Waals surface area contributed by atoms with E-state index >= 15 is 0 Å². The van der Waals surface area contributed by atoms with Crippen LogP contribution in [-0.2, 0) is 12.7 Å². The minimum absolute atomic E-state index is 0.198. The fourth-order valence-corrected chi connectivity index (χ4v) is 2.28. The lowest BCUT2D eigenvalue weighted by atomic mass is 10.1. The van der Waals surface area contributed by atoms with Gasteiger partial charge in [-0.1, -0.05) is 0 Å². The summed E-state index contributed by atoms with van der Waals surface area (Å²) in [5, 5.41) is 12.7. The Balaban J connectivity index is 1.88. The third-order valence-electron chi connectivity index (χ3n) is 3.57. The highest BCUT2D eigenvalue weighted by Crippen LogP contribution is 2.36. The van der Waals surface area contributed by atoms with Crippen LogP contribution in [0.15, 0.2) is 16.5 Å². The van der Waals surface area contributed by atoms with Crippen molar-refractivity contribution in [3.05, 3.63) is 29.2 Å². The van der Waals surface area contributed by atoms with Crippen LogP contribution in [-0.4, -0.2) is 22.2 Å². The normalized spacial score (nSPS) is 17.4. The molecule has 0 atom stereocenters. The maximum Gasteiger partial charge on any atom is 0.420 e. The molecule has 1 fully saturated rings. The molecule has 1 aromatic heterocycles. The fourth-order valence-electron chi connectivity index (χ4n) is 2.28. The first-order valence-corrected chi connectivity index (χ1v) is 6.67. The Morgan fingerprint density at radius 2 is 2.10 bits per heavy atom. The van der Waals surface area contributed by atoms with Gasteiger partial charge < -0.3 is 14.8 Å². The van der Waals surface area contributed by atoms with Gasteiger partial charge >= 0.3 is 6.18 Å². The van der Waals surface area contributed by atoms with Crippen LogP contribution in [0.3, 0.4) is 0 Å². The number of alkyl halides is 3. The molecule has 1 aliphatic rings. The van der Waals surface area contributed by atoms with Gasteiger partial charge in [0, 0.05) is 20.0 Å². The molecule has 0 amide bonds. The van der Waals surface area contributed by atoms with Gasteiger partial charge in [0.15, 0.2) is 11.5 Å². The number of aliphatic hydroxyl groups is 1. The number of aromatic nitrogens is 1. The molecule has 3 rings (SSSR count). The number of oxazole rings is 1. The quantitative estimate of drug-likeness (QED) is 0.911. The molecule has 1 aromatic carbocycles. The van der Waals surface area contributed by atoms with Crippen molar-refractivity contribution in [2.45, 2.75) is 38.1 Å². The molecule has 21 heavy (non-hydrogen) atoms. The van der Waals surface area contributed by atoms with Crippen LogP contribution < -0.4 is 5.32 Å². The number of rotatable bonds is 4. The molecule has 0 radical (unpaired) electrons.